The molecule has 0 aliphatic heterocycles. The van der Waals surface area contributed by atoms with Gasteiger partial charge in [0, 0.05) is 11.1 Å². The van der Waals surface area contributed by atoms with Crippen molar-refractivity contribution in [2.75, 3.05) is 6.61 Å². The van der Waals surface area contributed by atoms with Gasteiger partial charge in [-0.25, -0.2) is 4.79 Å². The number of Topliss-reactive ketones (excluding diaryl/α,β-unsaturated/α-hetero) is 1. The molecule has 0 fully saturated rings. The van der Waals surface area contributed by atoms with Crippen molar-refractivity contribution >= 4 is 11.8 Å². The lowest BCUT2D eigenvalue weighted by molar-refractivity contribution is -0.152. The molecule has 2 aromatic carbocycles. The maximum atomic E-state index is 12.0. The Labute approximate surface area is 155 Å². The molecule has 1 atom stereocenters. The zero-order chi connectivity index (χ0) is 19.2. The number of hydrogen-bond donors (Lipinski definition) is 0. The summed E-state index contributed by atoms with van der Waals surface area (Å²) in [5.41, 5.74) is 1.36. The topological polar surface area (TPSA) is 91.5 Å². The molecule has 7 nitrogen and oxygen atoms in total. The molecule has 0 radical (unpaired) electrons. The highest BCUT2D eigenvalue weighted by atomic mass is 16.6. The Morgan fingerprint density at radius 3 is 2.41 bits per heavy atom. The van der Waals surface area contributed by atoms with Gasteiger partial charge in [-0.2, -0.15) is 0 Å². The van der Waals surface area contributed by atoms with Crippen molar-refractivity contribution in [1.82, 2.24) is 10.2 Å². The highest BCUT2D eigenvalue weighted by molar-refractivity contribution is 5.94. The second kappa shape index (κ2) is 8.27. The van der Waals surface area contributed by atoms with E-state index in [1.54, 1.807) is 31.2 Å². The summed E-state index contributed by atoms with van der Waals surface area (Å²) in [6.07, 6.45) is -0.703. The van der Waals surface area contributed by atoms with Crippen LogP contribution in [0.2, 0.25) is 0 Å². The molecule has 0 saturated carbocycles. The number of carbonyl (C=O) groups is 2. The molecule has 3 rings (SSSR count). The summed E-state index contributed by atoms with van der Waals surface area (Å²) >= 11 is 0. The van der Waals surface area contributed by atoms with Crippen LogP contribution >= 0.6 is 0 Å². The SMILES string of the molecule is CC(=O)c1ccc(OCC(=O)OC(C)c2nnc(-c3ccccc3)o2)cc1. The lowest BCUT2D eigenvalue weighted by Gasteiger charge is -2.10. The van der Waals surface area contributed by atoms with Crippen molar-refractivity contribution < 1.29 is 23.5 Å². The molecule has 27 heavy (non-hydrogen) atoms. The van der Waals surface area contributed by atoms with Crippen molar-refractivity contribution in [3.63, 3.8) is 0 Å². The number of ether oxygens (including phenoxy) is 2. The average molecular weight is 366 g/mol. The molecule has 0 aliphatic rings. The molecule has 7 heteroatoms. The van der Waals surface area contributed by atoms with E-state index in [0.29, 0.717) is 17.2 Å². The van der Waals surface area contributed by atoms with E-state index in [1.165, 1.54) is 6.92 Å². The van der Waals surface area contributed by atoms with Gasteiger partial charge in [0.1, 0.15) is 5.75 Å². The van der Waals surface area contributed by atoms with E-state index in [9.17, 15) is 9.59 Å². The van der Waals surface area contributed by atoms with Gasteiger partial charge in [-0.1, -0.05) is 18.2 Å². The monoisotopic (exact) mass is 366 g/mol. The third-order valence-corrected chi connectivity index (χ3v) is 3.73. The highest BCUT2D eigenvalue weighted by Gasteiger charge is 2.19. The molecule has 0 amide bonds. The lowest BCUT2D eigenvalue weighted by Crippen LogP contribution is -2.17. The van der Waals surface area contributed by atoms with Gasteiger partial charge in [-0.3, -0.25) is 4.79 Å². The molecular formula is C20H18N2O5. The van der Waals surface area contributed by atoms with E-state index in [4.69, 9.17) is 13.9 Å². The molecule has 0 aliphatic carbocycles. The molecule has 1 heterocycles. The van der Waals surface area contributed by atoms with E-state index in [2.05, 4.69) is 10.2 Å². The fraction of sp³-hybridized carbons (Fsp3) is 0.200. The van der Waals surface area contributed by atoms with Gasteiger partial charge in [0.05, 0.1) is 0 Å². The smallest absolute Gasteiger partial charge is 0.344 e. The largest absolute Gasteiger partial charge is 0.482 e. The summed E-state index contributed by atoms with van der Waals surface area (Å²) in [6, 6.07) is 15.8. The molecule has 0 bridgehead atoms. The van der Waals surface area contributed by atoms with Crippen molar-refractivity contribution in [3.8, 4) is 17.2 Å². The quantitative estimate of drug-likeness (QED) is 0.466. The number of ketones is 1. The predicted molar refractivity (Wildman–Crippen MR) is 96.2 cm³/mol. The third-order valence-electron chi connectivity index (χ3n) is 3.73. The molecule has 3 aromatic rings. The summed E-state index contributed by atoms with van der Waals surface area (Å²) in [7, 11) is 0. The number of benzene rings is 2. The summed E-state index contributed by atoms with van der Waals surface area (Å²) in [4.78, 5) is 23.2. The Bertz CT molecular complexity index is 919. The number of hydrogen-bond acceptors (Lipinski definition) is 7. The second-order valence-electron chi connectivity index (χ2n) is 5.81. The van der Waals surface area contributed by atoms with Crippen LogP contribution in [0.3, 0.4) is 0 Å². The summed E-state index contributed by atoms with van der Waals surface area (Å²) < 4.78 is 16.2. The Hall–Kier alpha value is -3.48. The van der Waals surface area contributed by atoms with Crippen LogP contribution in [0.15, 0.2) is 59.0 Å². The van der Waals surface area contributed by atoms with E-state index in [1.807, 2.05) is 30.3 Å². The minimum atomic E-state index is -0.703. The number of aromatic nitrogens is 2. The van der Waals surface area contributed by atoms with Gasteiger partial charge in [-0.15, -0.1) is 10.2 Å². The highest BCUT2D eigenvalue weighted by Crippen LogP contribution is 2.22. The van der Waals surface area contributed by atoms with Crippen LogP contribution in [0.4, 0.5) is 0 Å². The molecule has 0 N–H and O–H groups in total. The van der Waals surface area contributed by atoms with Crippen molar-refractivity contribution in [3.05, 3.63) is 66.1 Å². The number of nitrogens with zero attached hydrogens (tertiary/aromatic N) is 2. The second-order valence-corrected chi connectivity index (χ2v) is 5.81. The molecule has 138 valence electrons. The Morgan fingerprint density at radius 2 is 1.74 bits per heavy atom. The molecule has 1 unspecified atom stereocenters. The fourth-order valence-corrected chi connectivity index (χ4v) is 2.31. The number of esters is 1. The Balaban J connectivity index is 1.53. The van der Waals surface area contributed by atoms with E-state index < -0.39 is 12.1 Å². The Kier molecular flexibility index (Phi) is 5.61. The first-order valence-electron chi connectivity index (χ1n) is 8.35. The van der Waals surface area contributed by atoms with Gasteiger partial charge in [0.15, 0.2) is 18.5 Å². The molecule has 0 spiro atoms. The van der Waals surface area contributed by atoms with Crippen LogP contribution in [0.1, 0.15) is 36.2 Å². The summed E-state index contributed by atoms with van der Waals surface area (Å²) in [5.74, 6) is 0.416. The van der Waals surface area contributed by atoms with Gasteiger partial charge >= 0.3 is 5.97 Å². The van der Waals surface area contributed by atoms with Crippen LogP contribution in [-0.2, 0) is 9.53 Å². The number of rotatable bonds is 7. The molecule has 1 aromatic heterocycles. The van der Waals surface area contributed by atoms with E-state index in [0.717, 1.165) is 5.56 Å². The van der Waals surface area contributed by atoms with Gasteiger partial charge in [0.25, 0.3) is 5.89 Å². The first-order valence-corrected chi connectivity index (χ1v) is 8.35. The third kappa shape index (κ3) is 4.78. The Morgan fingerprint density at radius 1 is 1.04 bits per heavy atom. The summed E-state index contributed by atoms with van der Waals surface area (Å²) in [5, 5.41) is 7.89. The van der Waals surface area contributed by atoms with Crippen LogP contribution in [0, 0.1) is 0 Å². The first kappa shape index (κ1) is 18.3. The standard InChI is InChI=1S/C20H18N2O5/c1-13(23)15-8-10-17(11-9-15)25-12-18(24)26-14(2)19-21-22-20(27-19)16-6-4-3-5-7-16/h3-11,14H,12H2,1-2H3. The van der Waals surface area contributed by atoms with Crippen LogP contribution < -0.4 is 4.74 Å². The maximum absolute atomic E-state index is 12.0. The van der Waals surface area contributed by atoms with Gasteiger partial charge in [-0.05, 0) is 50.2 Å². The first-order chi connectivity index (χ1) is 13.0. The van der Waals surface area contributed by atoms with Crippen molar-refractivity contribution in [2.45, 2.75) is 20.0 Å². The van der Waals surface area contributed by atoms with Crippen molar-refractivity contribution in [1.29, 1.82) is 0 Å². The van der Waals surface area contributed by atoms with Crippen LogP contribution in [0.25, 0.3) is 11.5 Å². The van der Waals surface area contributed by atoms with Crippen LogP contribution in [-0.4, -0.2) is 28.6 Å². The van der Waals surface area contributed by atoms with Crippen molar-refractivity contribution in [2.24, 2.45) is 0 Å². The van der Waals surface area contributed by atoms with E-state index in [-0.39, 0.29) is 18.3 Å². The molecule has 0 saturated heterocycles. The lowest BCUT2D eigenvalue weighted by atomic mass is 10.1. The minimum absolute atomic E-state index is 0.0378. The molecular weight excluding hydrogens is 348 g/mol. The normalized spacial score (nSPS) is 11.6. The fourth-order valence-electron chi connectivity index (χ4n) is 2.31. The van der Waals surface area contributed by atoms with E-state index >= 15 is 0 Å². The zero-order valence-electron chi connectivity index (χ0n) is 14.9. The number of carbonyl (C=O) groups excluding carboxylic acids is 2. The minimum Gasteiger partial charge on any atom is -0.482 e. The average Bonchev–Trinajstić information content (AvgIpc) is 3.18. The van der Waals surface area contributed by atoms with Gasteiger partial charge in [0.2, 0.25) is 5.89 Å². The predicted octanol–water partition coefficient (Wildman–Crippen LogP) is 3.62. The zero-order valence-corrected chi connectivity index (χ0v) is 14.9. The maximum Gasteiger partial charge on any atom is 0.344 e. The van der Waals surface area contributed by atoms with Crippen LogP contribution in [0.5, 0.6) is 5.75 Å². The summed E-state index contributed by atoms with van der Waals surface area (Å²) in [6.45, 7) is 2.85. The van der Waals surface area contributed by atoms with Gasteiger partial charge < -0.3 is 13.9 Å².